The molecule has 1 aliphatic heterocycles. The molecule has 88 valence electrons. The number of rotatable bonds is 5. The summed E-state index contributed by atoms with van der Waals surface area (Å²) < 4.78 is 0. The van der Waals surface area contributed by atoms with Crippen molar-refractivity contribution in [2.45, 2.75) is 39.0 Å². The third-order valence-electron chi connectivity index (χ3n) is 4.17. The van der Waals surface area contributed by atoms with Gasteiger partial charge in [0.1, 0.15) is 0 Å². The fourth-order valence-corrected chi connectivity index (χ4v) is 2.44. The summed E-state index contributed by atoms with van der Waals surface area (Å²) in [6.45, 7) is 7.48. The van der Waals surface area contributed by atoms with E-state index in [1.54, 1.807) is 0 Å². The van der Waals surface area contributed by atoms with Gasteiger partial charge < -0.3 is 10.2 Å². The van der Waals surface area contributed by atoms with E-state index < -0.39 is 0 Å². The number of hydrogen-bond donors (Lipinski definition) is 1. The average molecular weight is 210 g/mol. The topological polar surface area (TPSA) is 15.3 Å². The first kappa shape index (κ1) is 11.4. The summed E-state index contributed by atoms with van der Waals surface area (Å²) in [7, 11) is 2.24. The standard InChI is InChI=1S/C13H26N2/c1-13(6-9-15(2)10-7-13)11-14-8-5-12-3-4-12/h12,14H,3-11H2,1-2H3. The van der Waals surface area contributed by atoms with Gasteiger partial charge in [-0.1, -0.05) is 19.8 Å². The number of nitrogens with one attached hydrogen (secondary N) is 1. The molecular weight excluding hydrogens is 184 g/mol. The van der Waals surface area contributed by atoms with Crippen LogP contribution in [0.15, 0.2) is 0 Å². The fraction of sp³-hybridized carbons (Fsp3) is 1.00. The highest BCUT2D eigenvalue weighted by Crippen LogP contribution is 2.32. The minimum absolute atomic E-state index is 0.566. The van der Waals surface area contributed by atoms with Crippen molar-refractivity contribution in [3.63, 3.8) is 0 Å². The molecule has 0 radical (unpaired) electrons. The maximum absolute atomic E-state index is 3.66. The van der Waals surface area contributed by atoms with Crippen molar-refractivity contribution in [1.82, 2.24) is 10.2 Å². The van der Waals surface area contributed by atoms with Crippen molar-refractivity contribution in [3.05, 3.63) is 0 Å². The van der Waals surface area contributed by atoms with Crippen LogP contribution < -0.4 is 5.32 Å². The fourth-order valence-electron chi connectivity index (χ4n) is 2.44. The molecule has 15 heavy (non-hydrogen) atoms. The summed E-state index contributed by atoms with van der Waals surface area (Å²) in [5.74, 6) is 1.07. The minimum Gasteiger partial charge on any atom is -0.316 e. The molecule has 2 rings (SSSR count). The Morgan fingerprint density at radius 1 is 1.27 bits per heavy atom. The van der Waals surface area contributed by atoms with Crippen LogP contribution >= 0.6 is 0 Å². The van der Waals surface area contributed by atoms with E-state index in [9.17, 15) is 0 Å². The maximum Gasteiger partial charge on any atom is 0.000612 e. The number of nitrogens with zero attached hydrogens (tertiary/aromatic N) is 1. The van der Waals surface area contributed by atoms with Gasteiger partial charge in [0.05, 0.1) is 0 Å². The lowest BCUT2D eigenvalue weighted by atomic mass is 9.80. The van der Waals surface area contributed by atoms with Crippen molar-refractivity contribution < 1.29 is 0 Å². The van der Waals surface area contributed by atoms with Crippen LogP contribution in [-0.2, 0) is 0 Å². The second-order valence-corrected chi connectivity index (χ2v) is 6.02. The van der Waals surface area contributed by atoms with Crippen molar-refractivity contribution in [3.8, 4) is 0 Å². The van der Waals surface area contributed by atoms with Gasteiger partial charge in [0.2, 0.25) is 0 Å². The monoisotopic (exact) mass is 210 g/mol. The molecule has 1 heterocycles. The van der Waals surface area contributed by atoms with Gasteiger partial charge in [-0.25, -0.2) is 0 Å². The molecule has 0 spiro atoms. The van der Waals surface area contributed by atoms with Gasteiger partial charge in [0.15, 0.2) is 0 Å². The van der Waals surface area contributed by atoms with Crippen LogP contribution in [-0.4, -0.2) is 38.1 Å². The lowest BCUT2D eigenvalue weighted by molar-refractivity contribution is 0.137. The summed E-state index contributed by atoms with van der Waals surface area (Å²) in [5.41, 5.74) is 0.566. The van der Waals surface area contributed by atoms with E-state index in [1.807, 2.05) is 0 Å². The Morgan fingerprint density at radius 2 is 1.93 bits per heavy atom. The minimum atomic E-state index is 0.566. The molecule has 0 unspecified atom stereocenters. The predicted octanol–water partition coefficient (Wildman–Crippen LogP) is 2.11. The largest absolute Gasteiger partial charge is 0.316 e. The molecule has 2 nitrogen and oxygen atoms in total. The summed E-state index contributed by atoms with van der Waals surface area (Å²) in [4.78, 5) is 2.45. The van der Waals surface area contributed by atoms with Crippen LogP contribution in [0.3, 0.4) is 0 Å². The normalized spacial score (nSPS) is 26.8. The van der Waals surface area contributed by atoms with Gasteiger partial charge in [0, 0.05) is 6.54 Å². The highest BCUT2D eigenvalue weighted by Gasteiger charge is 2.28. The molecule has 0 atom stereocenters. The molecule has 2 heteroatoms. The van der Waals surface area contributed by atoms with Gasteiger partial charge in [-0.15, -0.1) is 0 Å². The molecule has 1 saturated carbocycles. The van der Waals surface area contributed by atoms with Gasteiger partial charge in [-0.2, -0.15) is 0 Å². The highest BCUT2D eigenvalue weighted by atomic mass is 15.1. The van der Waals surface area contributed by atoms with Crippen molar-refractivity contribution in [2.24, 2.45) is 11.3 Å². The average Bonchev–Trinajstić information content (AvgIpc) is 3.02. The van der Waals surface area contributed by atoms with E-state index >= 15 is 0 Å². The third kappa shape index (κ3) is 3.76. The lowest BCUT2D eigenvalue weighted by Crippen LogP contribution is -2.42. The number of likely N-dealkylation sites (tertiary alicyclic amines) is 1. The Kier molecular flexibility index (Phi) is 3.68. The van der Waals surface area contributed by atoms with Crippen molar-refractivity contribution >= 4 is 0 Å². The van der Waals surface area contributed by atoms with Gasteiger partial charge in [-0.05, 0) is 57.3 Å². The number of hydrogen-bond acceptors (Lipinski definition) is 2. The molecule has 2 aliphatic rings. The van der Waals surface area contributed by atoms with Gasteiger partial charge in [0.25, 0.3) is 0 Å². The number of piperidine rings is 1. The predicted molar refractivity (Wildman–Crippen MR) is 65.0 cm³/mol. The highest BCUT2D eigenvalue weighted by molar-refractivity contribution is 4.83. The van der Waals surface area contributed by atoms with Crippen LogP contribution in [0.4, 0.5) is 0 Å². The summed E-state index contributed by atoms with van der Waals surface area (Å²) >= 11 is 0. The molecule has 2 fully saturated rings. The van der Waals surface area contributed by atoms with Crippen molar-refractivity contribution in [1.29, 1.82) is 0 Å². The van der Waals surface area contributed by atoms with Gasteiger partial charge >= 0.3 is 0 Å². The zero-order chi connectivity index (χ0) is 10.7. The first-order valence-electron chi connectivity index (χ1n) is 6.57. The van der Waals surface area contributed by atoms with Crippen LogP contribution in [0.25, 0.3) is 0 Å². The molecule has 0 bridgehead atoms. The Hall–Kier alpha value is -0.0800. The molecular formula is C13H26N2. The molecule has 1 N–H and O–H groups in total. The molecule has 0 aromatic rings. The van der Waals surface area contributed by atoms with Crippen LogP contribution in [0.2, 0.25) is 0 Å². The van der Waals surface area contributed by atoms with Crippen LogP contribution in [0.1, 0.15) is 39.0 Å². The summed E-state index contributed by atoms with van der Waals surface area (Å²) in [5, 5.41) is 3.66. The molecule has 0 aromatic heterocycles. The smallest absolute Gasteiger partial charge is 0.000612 e. The Bertz CT molecular complexity index is 191. The Morgan fingerprint density at radius 3 is 2.53 bits per heavy atom. The maximum atomic E-state index is 3.66. The molecule has 0 amide bonds. The Balaban J connectivity index is 1.59. The van der Waals surface area contributed by atoms with Crippen LogP contribution in [0, 0.1) is 11.3 Å². The lowest BCUT2D eigenvalue weighted by Gasteiger charge is -2.38. The quantitative estimate of drug-likeness (QED) is 0.699. The van der Waals surface area contributed by atoms with Crippen molar-refractivity contribution in [2.75, 3.05) is 33.2 Å². The van der Waals surface area contributed by atoms with E-state index in [1.165, 1.54) is 58.3 Å². The third-order valence-corrected chi connectivity index (χ3v) is 4.17. The molecule has 1 saturated heterocycles. The summed E-state index contributed by atoms with van der Waals surface area (Å²) in [6.07, 6.45) is 7.11. The van der Waals surface area contributed by atoms with E-state index in [-0.39, 0.29) is 0 Å². The van der Waals surface area contributed by atoms with E-state index in [0.717, 1.165) is 5.92 Å². The first-order chi connectivity index (χ1) is 7.18. The zero-order valence-corrected chi connectivity index (χ0v) is 10.4. The SMILES string of the molecule is CN1CCC(C)(CNCCC2CC2)CC1. The molecule has 0 aromatic carbocycles. The van der Waals surface area contributed by atoms with Gasteiger partial charge in [-0.3, -0.25) is 0 Å². The van der Waals surface area contributed by atoms with E-state index in [0.29, 0.717) is 5.41 Å². The molecule has 1 aliphatic carbocycles. The first-order valence-corrected chi connectivity index (χ1v) is 6.57. The second kappa shape index (κ2) is 4.84. The summed E-state index contributed by atoms with van der Waals surface area (Å²) in [6, 6.07) is 0. The second-order valence-electron chi connectivity index (χ2n) is 6.02. The van der Waals surface area contributed by atoms with Crippen LogP contribution in [0.5, 0.6) is 0 Å². The zero-order valence-electron chi connectivity index (χ0n) is 10.4. The van der Waals surface area contributed by atoms with E-state index in [2.05, 4.69) is 24.2 Å². The van der Waals surface area contributed by atoms with E-state index in [4.69, 9.17) is 0 Å². The Labute approximate surface area is 94.4 Å².